The molecule has 0 saturated heterocycles. The van der Waals surface area contributed by atoms with Crippen molar-refractivity contribution in [2.75, 3.05) is 11.3 Å². The molecule has 11 heteroatoms. The van der Waals surface area contributed by atoms with Gasteiger partial charge in [-0.15, -0.1) is 0 Å². The van der Waals surface area contributed by atoms with E-state index >= 15 is 4.39 Å². The zero-order valence-corrected chi connectivity index (χ0v) is 21.7. The van der Waals surface area contributed by atoms with Crippen LogP contribution in [0.5, 0.6) is 0 Å². The minimum absolute atomic E-state index is 0.0698. The van der Waals surface area contributed by atoms with Gasteiger partial charge in [0.05, 0.1) is 13.2 Å². The summed E-state index contributed by atoms with van der Waals surface area (Å²) in [6, 6.07) is 13.6. The first-order valence-corrected chi connectivity index (χ1v) is 13.6. The Balaban J connectivity index is 1.48. The van der Waals surface area contributed by atoms with E-state index in [0.29, 0.717) is 16.4 Å². The van der Waals surface area contributed by atoms with Crippen molar-refractivity contribution in [1.29, 1.82) is 0 Å². The molecule has 4 aromatic rings. The first kappa shape index (κ1) is 25.0. The number of anilines is 1. The normalized spacial score (nSPS) is 14.8. The van der Waals surface area contributed by atoms with Crippen molar-refractivity contribution in [1.82, 2.24) is 4.98 Å². The number of nitrogens with one attached hydrogen (secondary N) is 1. The summed E-state index contributed by atoms with van der Waals surface area (Å²) in [6.07, 6.45) is 1.16. The van der Waals surface area contributed by atoms with E-state index in [9.17, 15) is 17.2 Å². The molecule has 1 saturated carbocycles. The summed E-state index contributed by atoms with van der Waals surface area (Å²) in [4.78, 5) is 3.69. The van der Waals surface area contributed by atoms with E-state index in [4.69, 9.17) is 9.15 Å². The Bertz CT molecular complexity index is 1540. The van der Waals surface area contributed by atoms with Gasteiger partial charge in [0.1, 0.15) is 21.8 Å². The van der Waals surface area contributed by atoms with Gasteiger partial charge in [-0.1, -0.05) is 36.4 Å². The Morgan fingerprint density at radius 1 is 1.08 bits per heavy atom. The van der Waals surface area contributed by atoms with E-state index < -0.39 is 44.2 Å². The fraction of sp³-hybridized carbons (Fsp3) is 0.240. The number of halogens is 4. The Hall–Kier alpha value is -2.64. The molecule has 0 amide bonds. The highest BCUT2D eigenvalue weighted by Crippen LogP contribution is 2.46. The molecule has 0 unspecified atom stereocenters. The quantitative estimate of drug-likeness (QED) is 0.233. The van der Waals surface area contributed by atoms with E-state index in [-0.39, 0.29) is 35.6 Å². The Morgan fingerprint density at radius 3 is 2.53 bits per heavy atom. The van der Waals surface area contributed by atoms with E-state index in [1.165, 1.54) is 12.1 Å². The van der Waals surface area contributed by atoms with Crippen LogP contribution in [0.15, 0.2) is 59.3 Å². The predicted octanol–water partition coefficient (Wildman–Crippen LogP) is 5.93. The first-order valence-electron chi connectivity index (χ1n) is 11.0. The lowest BCUT2D eigenvalue weighted by molar-refractivity contribution is 0.116. The largest absolute Gasteiger partial charge is 0.441 e. The zero-order valence-electron chi connectivity index (χ0n) is 18.7. The summed E-state index contributed by atoms with van der Waals surface area (Å²) in [5, 5.41) is 0. The molecular weight excluding hydrogens is 608 g/mol. The SMILES string of the molecule is O=S(=O)(Nc1c(Cc2ccc(I)cc2F)c(F)c(F)c2ncoc12)C1(COCc2ccccc2)CC1. The van der Waals surface area contributed by atoms with E-state index in [1.807, 2.05) is 52.9 Å². The van der Waals surface area contributed by atoms with Gasteiger partial charge in [-0.25, -0.2) is 26.6 Å². The fourth-order valence-electron chi connectivity index (χ4n) is 3.99. The van der Waals surface area contributed by atoms with Crippen molar-refractivity contribution < 1.29 is 30.7 Å². The van der Waals surface area contributed by atoms with E-state index in [2.05, 4.69) is 9.71 Å². The summed E-state index contributed by atoms with van der Waals surface area (Å²) in [5.74, 6) is -3.24. The lowest BCUT2D eigenvalue weighted by Crippen LogP contribution is -2.34. The highest BCUT2D eigenvalue weighted by atomic mass is 127. The van der Waals surface area contributed by atoms with Gasteiger partial charge in [0.15, 0.2) is 23.6 Å². The number of aromatic nitrogens is 1. The van der Waals surface area contributed by atoms with Crippen LogP contribution in [-0.4, -0.2) is 24.8 Å². The number of fused-ring (bicyclic) bond motifs is 1. The van der Waals surface area contributed by atoms with Gasteiger partial charge in [-0.05, 0) is 58.7 Å². The number of oxazole rings is 1. The van der Waals surface area contributed by atoms with Gasteiger partial charge < -0.3 is 9.15 Å². The van der Waals surface area contributed by atoms with E-state index in [1.54, 1.807) is 6.07 Å². The average Bonchev–Trinajstić information content (AvgIpc) is 3.49. The molecule has 1 heterocycles. The summed E-state index contributed by atoms with van der Waals surface area (Å²) < 4.78 is 84.2. The van der Waals surface area contributed by atoms with Crippen LogP contribution in [0, 0.1) is 21.0 Å². The zero-order chi connectivity index (χ0) is 25.5. The van der Waals surface area contributed by atoms with Gasteiger partial charge in [0.25, 0.3) is 0 Å². The van der Waals surface area contributed by atoms with Gasteiger partial charge in [0, 0.05) is 15.6 Å². The standard InChI is InChI=1S/C25H20F3IN2O4S/c26-19-11-17(29)7-6-16(19)10-18-20(27)21(28)23-24(35-14-30-23)22(18)31-36(32,33)25(8-9-25)13-34-12-15-4-2-1-3-5-15/h1-7,11,14,31H,8-10,12-13H2. The maximum atomic E-state index is 15.2. The Morgan fingerprint density at radius 2 is 1.83 bits per heavy atom. The molecule has 5 rings (SSSR count). The Labute approximate surface area is 219 Å². The number of nitrogens with zero attached hydrogens (tertiary/aromatic N) is 1. The van der Waals surface area contributed by atoms with Crippen LogP contribution in [-0.2, 0) is 27.8 Å². The lowest BCUT2D eigenvalue weighted by Gasteiger charge is -2.20. The van der Waals surface area contributed by atoms with Gasteiger partial charge in [-0.2, -0.15) is 0 Å². The van der Waals surface area contributed by atoms with E-state index in [0.717, 1.165) is 12.0 Å². The van der Waals surface area contributed by atoms with Gasteiger partial charge in [-0.3, -0.25) is 4.72 Å². The summed E-state index contributed by atoms with van der Waals surface area (Å²) in [6.45, 7) is 0.147. The molecule has 0 aliphatic heterocycles. The fourth-order valence-corrected chi connectivity index (χ4v) is 6.03. The van der Waals surface area contributed by atoms with Crippen LogP contribution in [0.25, 0.3) is 11.1 Å². The van der Waals surface area contributed by atoms with Gasteiger partial charge >= 0.3 is 0 Å². The molecule has 1 fully saturated rings. The van der Waals surface area contributed by atoms with Crippen molar-refractivity contribution in [3.8, 4) is 0 Å². The molecular formula is C25H20F3IN2O4S. The first-order chi connectivity index (χ1) is 17.2. The second-order valence-electron chi connectivity index (χ2n) is 8.69. The second-order valence-corrected chi connectivity index (χ2v) is 12.0. The minimum atomic E-state index is -4.13. The molecule has 0 spiro atoms. The topological polar surface area (TPSA) is 81.4 Å². The van der Waals surface area contributed by atoms with Crippen molar-refractivity contribution in [3.05, 3.63) is 92.6 Å². The molecule has 0 atom stereocenters. The lowest BCUT2D eigenvalue weighted by atomic mass is 10.0. The number of hydrogen-bond acceptors (Lipinski definition) is 5. The summed E-state index contributed by atoms with van der Waals surface area (Å²) in [7, 11) is -4.13. The highest BCUT2D eigenvalue weighted by molar-refractivity contribution is 14.1. The number of ether oxygens (including phenoxy) is 1. The molecule has 1 aromatic heterocycles. The minimum Gasteiger partial charge on any atom is -0.441 e. The average molecular weight is 628 g/mol. The number of rotatable bonds is 9. The molecule has 1 aliphatic carbocycles. The third kappa shape index (κ3) is 4.71. The molecule has 188 valence electrons. The van der Waals surface area contributed by atoms with Crippen molar-refractivity contribution in [3.63, 3.8) is 0 Å². The van der Waals surface area contributed by atoms with Crippen molar-refractivity contribution in [2.45, 2.75) is 30.6 Å². The monoisotopic (exact) mass is 628 g/mol. The smallest absolute Gasteiger partial charge is 0.240 e. The van der Waals surface area contributed by atoms with Crippen LogP contribution in [0.2, 0.25) is 0 Å². The number of hydrogen-bond donors (Lipinski definition) is 1. The van der Waals surface area contributed by atoms with Crippen LogP contribution in [0.4, 0.5) is 18.9 Å². The van der Waals surface area contributed by atoms with Crippen LogP contribution < -0.4 is 4.72 Å². The molecule has 1 N–H and O–H groups in total. The second kappa shape index (κ2) is 9.67. The predicted molar refractivity (Wildman–Crippen MR) is 136 cm³/mol. The van der Waals surface area contributed by atoms with Crippen molar-refractivity contribution in [2.24, 2.45) is 0 Å². The van der Waals surface area contributed by atoms with Gasteiger partial charge in [0.2, 0.25) is 10.0 Å². The molecule has 3 aromatic carbocycles. The van der Waals surface area contributed by atoms with Crippen LogP contribution >= 0.6 is 22.6 Å². The Kier molecular flexibility index (Phi) is 6.72. The van der Waals surface area contributed by atoms with Crippen LogP contribution in [0.3, 0.4) is 0 Å². The summed E-state index contributed by atoms with van der Waals surface area (Å²) in [5.41, 5.74) is -0.429. The molecule has 0 bridgehead atoms. The number of sulfonamides is 1. The molecule has 6 nitrogen and oxygen atoms in total. The molecule has 1 aliphatic rings. The highest BCUT2D eigenvalue weighted by Gasteiger charge is 2.55. The molecule has 36 heavy (non-hydrogen) atoms. The van der Waals surface area contributed by atoms with Crippen LogP contribution in [0.1, 0.15) is 29.5 Å². The number of benzene rings is 3. The third-order valence-electron chi connectivity index (χ3n) is 6.24. The third-order valence-corrected chi connectivity index (χ3v) is 9.05. The maximum absolute atomic E-state index is 15.2. The summed E-state index contributed by atoms with van der Waals surface area (Å²) >= 11 is 1.93. The van der Waals surface area contributed by atoms with Crippen molar-refractivity contribution >= 4 is 49.4 Å². The maximum Gasteiger partial charge on any atom is 0.240 e. The molecule has 0 radical (unpaired) electrons.